The first kappa shape index (κ1) is 16.5. The lowest BCUT2D eigenvalue weighted by Crippen LogP contribution is -2.61. The van der Waals surface area contributed by atoms with Crippen molar-refractivity contribution in [2.24, 2.45) is 10.9 Å². The van der Waals surface area contributed by atoms with E-state index in [1.54, 1.807) is 31.2 Å². The van der Waals surface area contributed by atoms with Gasteiger partial charge in [-0.3, -0.25) is 14.6 Å². The lowest BCUT2D eigenvalue weighted by molar-refractivity contribution is -0.294. The predicted octanol–water partition coefficient (Wildman–Crippen LogP) is -0.758. The summed E-state index contributed by atoms with van der Waals surface area (Å²) in [6.45, 7) is 1.74. The molecule has 2 N–H and O–H groups in total. The summed E-state index contributed by atoms with van der Waals surface area (Å²) in [4.78, 5) is 40.0. The molecule has 3 rings (SSSR count). The summed E-state index contributed by atoms with van der Waals surface area (Å²) in [5, 5.41) is 15.8. The van der Waals surface area contributed by atoms with Gasteiger partial charge in [-0.15, -0.1) is 11.8 Å². The minimum absolute atomic E-state index is 0.0639. The number of rotatable bonds is 3. The summed E-state index contributed by atoms with van der Waals surface area (Å²) in [5.41, 5.74) is 0.622. The number of benzene rings is 1. The molecule has 0 aromatic heterocycles. The zero-order chi connectivity index (χ0) is 17.3. The highest BCUT2D eigenvalue weighted by Crippen LogP contribution is 2.28. The van der Waals surface area contributed by atoms with Gasteiger partial charge in [0.1, 0.15) is 17.5 Å². The molecule has 1 unspecified atom stereocenters. The normalized spacial score (nSPS) is 30.1. The third-order valence-corrected chi connectivity index (χ3v) is 5.42. The van der Waals surface area contributed by atoms with Crippen molar-refractivity contribution in [1.29, 1.82) is 0 Å². The van der Waals surface area contributed by atoms with Crippen molar-refractivity contribution in [1.82, 2.24) is 10.6 Å². The number of piperazine rings is 1. The van der Waals surface area contributed by atoms with Crippen LogP contribution in [0.2, 0.25) is 0 Å². The van der Waals surface area contributed by atoms with E-state index >= 15 is 0 Å². The molecular formula is C16H16N3O4S-. The first-order valence-electron chi connectivity index (χ1n) is 7.53. The molecule has 1 aromatic carbocycles. The van der Waals surface area contributed by atoms with Crippen LogP contribution in [0.4, 0.5) is 0 Å². The summed E-state index contributed by atoms with van der Waals surface area (Å²) in [6, 6.07) is 7.26. The van der Waals surface area contributed by atoms with Crippen molar-refractivity contribution in [3.63, 3.8) is 0 Å². The van der Waals surface area contributed by atoms with E-state index in [0.29, 0.717) is 11.3 Å². The topological polar surface area (TPSA) is 111 Å². The van der Waals surface area contributed by atoms with E-state index in [2.05, 4.69) is 15.6 Å². The minimum atomic E-state index is -1.34. The van der Waals surface area contributed by atoms with Crippen LogP contribution in [0.15, 0.2) is 35.3 Å². The molecule has 2 amide bonds. The zero-order valence-electron chi connectivity index (χ0n) is 12.9. The number of carboxylic acids is 1. The fourth-order valence-electron chi connectivity index (χ4n) is 2.73. The number of nitrogens with one attached hydrogen (secondary N) is 2. The van der Waals surface area contributed by atoms with Gasteiger partial charge in [0.05, 0.1) is 11.7 Å². The molecule has 0 aliphatic carbocycles. The van der Waals surface area contributed by atoms with Gasteiger partial charge in [-0.1, -0.05) is 37.3 Å². The maximum atomic E-state index is 12.4. The average Bonchev–Trinajstić information content (AvgIpc) is 2.57. The molecule has 2 aliphatic heterocycles. The zero-order valence-corrected chi connectivity index (χ0v) is 13.7. The van der Waals surface area contributed by atoms with Gasteiger partial charge in [0.15, 0.2) is 0 Å². The van der Waals surface area contributed by atoms with E-state index in [1.165, 1.54) is 11.8 Å². The molecule has 1 aromatic rings. The van der Waals surface area contributed by atoms with Crippen molar-refractivity contribution >= 4 is 35.3 Å². The van der Waals surface area contributed by atoms with E-state index in [0.717, 1.165) is 0 Å². The molecular weight excluding hydrogens is 330 g/mol. The molecule has 8 heteroatoms. The van der Waals surface area contributed by atoms with Crippen molar-refractivity contribution in [2.45, 2.75) is 24.4 Å². The second-order valence-corrected chi connectivity index (χ2v) is 6.91. The Morgan fingerprint density at radius 2 is 1.92 bits per heavy atom. The highest BCUT2D eigenvalue weighted by atomic mass is 32.2. The van der Waals surface area contributed by atoms with Gasteiger partial charge in [-0.25, -0.2) is 0 Å². The maximum absolute atomic E-state index is 12.4. The van der Waals surface area contributed by atoms with Crippen LogP contribution in [0.3, 0.4) is 0 Å². The maximum Gasteiger partial charge on any atom is 0.247 e. The number of aliphatic carboxylic acids is 1. The summed E-state index contributed by atoms with van der Waals surface area (Å²) < 4.78 is 0. The van der Waals surface area contributed by atoms with Crippen LogP contribution in [0.5, 0.6) is 0 Å². The van der Waals surface area contributed by atoms with Gasteiger partial charge in [-0.2, -0.15) is 0 Å². The highest BCUT2D eigenvalue weighted by Gasteiger charge is 2.40. The summed E-state index contributed by atoms with van der Waals surface area (Å²) in [6.07, 6.45) is 0. The summed E-state index contributed by atoms with van der Waals surface area (Å²) >= 11 is 1.35. The molecule has 0 spiro atoms. The molecule has 2 aliphatic rings. The number of carbonyl (C=O) groups is 3. The van der Waals surface area contributed by atoms with E-state index in [-0.39, 0.29) is 23.4 Å². The Morgan fingerprint density at radius 1 is 1.21 bits per heavy atom. The molecule has 0 bridgehead atoms. The molecule has 1 saturated heterocycles. The number of carboxylic acid groups (broad SMARTS) is 1. The highest BCUT2D eigenvalue weighted by molar-refractivity contribution is 8.00. The van der Waals surface area contributed by atoms with Gasteiger partial charge in [0.2, 0.25) is 11.8 Å². The lowest BCUT2D eigenvalue weighted by Gasteiger charge is -2.35. The molecule has 0 radical (unpaired) electrons. The van der Waals surface area contributed by atoms with Crippen LogP contribution >= 0.6 is 11.8 Å². The molecule has 4 atom stereocenters. The van der Waals surface area contributed by atoms with Crippen LogP contribution in [0, 0.1) is 5.92 Å². The number of nitrogens with zero attached hydrogens (tertiary/aromatic N) is 1. The molecule has 2 heterocycles. The Kier molecular flexibility index (Phi) is 4.57. The third kappa shape index (κ3) is 3.14. The SMILES string of the molecule is C[C@@H]1CS[C@H]([C@@H]2NC(=O)C(c3ccccc3)NC2=O)N=C1C(=O)[O-]. The van der Waals surface area contributed by atoms with Crippen LogP contribution in [0.1, 0.15) is 18.5 Å². The van der Waals surface area contributed by atoms with Gasteiger partial charge in [-0.05, 0) is 5.56 Å². The number of hydrogen-bond acceptors (Lipinski definition) is 6. The molecule has 0 saturated carbocycles. The third-order valence-electron chi connectivity index (χ3n) is 4.01. The molecule has 1 fully saturated rings. The van der Waals surface area contributed by atoms with Crippen molar-refractivity contribution < 1.29 is 19.5 Å². The Bertz CT molecular complexity index is 707. The van der Waals surface area contributed by atoms with Crippen molar-refractivity contribution in [2.75, 3.05) is 5.75 Å². The second-order valence-electron chi connectivity index (χ2n) is 5.77. The van der Waals surface area contributed by atoms with Crippen LogP contribution in [-0.2, 0) is 14.4 Å². The van der Waals surface area contributed by atoms with Gasteiger partial charge in [0.25, 0.3) is 0 Å². The van der Waals surface area contributed by atoms with Gasteiger partial charge in [0, 0.05) is 11.7 Å². The van der Waals surface area contributed by atoms with Crippen LogP contribution in [0.25, 0.3) is 0 Å². The number of amides is 2. The Hall–Kier alpha value is -2.35. The molecule has 126 valence electrons. The monoisotopic (exact) mass is 346 g/mol. The first-order chi connectivity index (χ1) is 11.5. The van der Waals surface area contributed by atoms with E-state index in [4.69, 9.17) is 0 Å². The van der Waals surface area contributed by atoms with E-state index in [9.17, 15) is 19.5 Å². The van der Waals surface area contributed by atoms with Crippen molar-refractivity contribution in [3.8, 4) is 0 Å². The van der Waals surface area contributed by atoms with E-state index in [1.807, 2.05) is 6.07 Å². The van der Waals surface area contributed by atoms with Gasteiger partial charge < -0.3 is 20.5 Å². The van der Waals surface area contributed by atoms with Crippen LogP contribution < -0.4 is 15.7 Å². The molecule has 24 heavy (non-hydrogen) atoms. The number of aliphatic imine (C=N–C) groups is 1. The van der Waals surface area contributed by atoms with Gasteiger partial charge >= 0.3 is 0 Å². The number of thioether (sulfide) groups is 1. The first-order valence-corrected chi connectivity index (χ1v) is 8.58. The smallest absolute Gasteiger partial charge is 0.247 e. The Labute approximate surface area is 142 Å². The second kappa shape index (κ2) is 6.64. The average molecular weight is 346 g/mol. The minimum Gasteiger partial charge on any atom is -0.543 e. The number of hydrogen-bond donors (Lipinski definition) is 2. The fraction of sp³-hybridized carbons (Fsp3) is 0.375. The summed E-state index contributed by atoms with van der Waals surface area (Å²) in [7, 11) is 0. The standard InChI is InChI=1S/C16H17N3O4S/c1-8-7-24-15(19-10(8)16(22)23)12-14(21)17-11(13(20)18-12)9-5-3-2-4-6-9/h2-6,8,11-12,15H,7H2,1H3,(H,17,21)(H,18,20)(H,22,23)/p-1/t8-,11?,12-,15-/m1/s1. The lowest BCUT2D eigenvalue weighted by atomic mass is 10.0. The number of carbonyl (C=O) groups excluding carboxylic acids is 3. The Balaban J connectivity index is 1.79. The predicted molar refractivity (Wildman–Crippen MR) is 87.1 cm³/mol. The van der Waals surface area contributed by atoms with E-state index < -0.39 is 23.4 Å². The van der Waals surface area contributed by atoms with Crippen molar-refractivity contribution in [3.05, 3.63) is 35.9 Å². The molecule has 7 nitrogen and oxygen atoms in total. The quantitative estimate of drug-likeness (QED) is 0.748. The Morgan fingerprint density at radius 3 is 2.58 bits per heavy atom. The summed E-state index contributed by atoms with van der Waals surface area (Å²) in [5.74, 6) is -1.81. The fourth-order valence-corrected chi connectivity index (χ4v) is 3.94. The largest absolute Gasteiger partial charge is 0.543 e. The van der Waals surface area contributed by atoms with Crippen LogP contribution in [-0.4, -0.2) is 40.7 Å².